The summed E-state index contributed by atoms with van der Waals surface area (Å²) in [4.78, 5) is 11.9. The third kappa shape index (κ3) is 11.2. The smallest absolute Gasteiger partial charge is 0.264 e. The second-order valence-corrected chi connectivity index (χ2v) is 7.15. The lowest BCUT2D eigenvalue weighted by molar-refractivity contribution is -0.123. The summed E-state index contributed by atoms with van der Waals surface area (Å²) in [5, 5.41) is 5.86. The number of thioether (sulfide) groups is 1. The van der Waals surface area contributed by atoms with Crippen LogP contribution in [0.4, 0.5) is 0 Å². The number of hydrogen-bond donors (Lipinski definition) is 3. The summed E-state index contributed by atoms with van der Waals surface area (Å²) < 4.78 is 29.8. The molecule has 0 spiro atoms. The van der Waals surface area contributed by atoms with Crippen LogP contribution in [-0.2, 0) is 14.9 Å². The fraction of sp³-hybridized carbons (Fsp3) is 0.909. The van der Waals surface area contributed by atoms with Gasteiger partial charge in [0.25, 0.3) is 10.1 Å². The van der Waals surface area contributed by atoms with E-state index in [1.807, 2.05) is 20.1 Å². The van der Waals surface area contributed by atoms with Gasteiger partial charge in [-0.3, -0.25) is 9.35 Å². The Hall–Kier alpha value is -0.310. The summed E-state index contributed by atoms with van der Waals surface area (Å²) in [5.41, 5.74) is 0. The van der Waals surface area contributed by atoms with Crippen LogP contribution in [0.3, 0.4) is 0 Å². The van der Waals surface area contributed by atoms with E-state index in [0.29, 0.717) is 13.0 Å². The van der Waals surface area contributed by atoms with E-state index in [-0.39, 0.29) is 30.2 Å². The Bertz CT molecular complexity index is 358. The van der Waals surface area contributed by atoms with Gasteiger partial charge in [-0.25, -0.2) is 0 Å². The van der Waals surface area contributed by atoms with Crippen molar-refractivity contribution in [1.82, 2.24) is 10.6 Å². The predicted octanol–water partition coefficient (Wildman–Crippen LogP) is 0.500. The fourth-order valence-corrected chi connectivity index (χ4v) is 2.46. The summed E-state index contributed by atoms with van der Waals surface area (Å²) in [5.74, 6) is 0.485. The molecule has 0 bridgehead atoms. The van der Waals surface area contributed by atoms with Gasteiger partial charge >= 0.3 is 0 Å². The summed E-state index contributed by atoms with van der Waals surface area (Å²) in [6.07, 6.45) is 2.94. The molecule has 0 aliphatic heterocycles. The molecular weight excluding hydrogens is 288 g/mol. The second-order valence-electron chi connectivity index (χ2n) is 4.59. The van der Waals surface area contributed by atoms with Crippen molar-refractivity contribution in [2.45, 2.75) is 38.8 Å². The molecule has 1 atom stereocenters. The van der Waals surface area contributed by atoms with Gasteiger partial charge in [0.2, 0.25) is 5.91 Å². The molecule has 6 nitrogen and oxygen atoms in total. The molecule has 0 radical (unpaired) electrons. The maximum atomic E-state index is 11.9. The van der Waals surface area contributed by atoms with Gasteiger partial charge in [-0.2, -0.15) is 20.2 Å². The van der Waals surface area contributed by atoms with E-state index in [0.717, 1.165) is 5.75 Å². The molecule has 0 heterocycles. The monoisotopic (exact) mass is 312 g/mol. The van der Waals surface area contributed by atoms with Crippen LogP contribution in [0.5, 0.6) is 0 Å². The van der Waals surface area contributed by atoms with Crippen molar-refractivity contribution < 1.29 is 17.8 Å². The highest BCUT2D eigenvalue weighted by molar-refractivity contribution is 7.98. The zero-order valence-electron chi connectivity index (χ0n) is 11.7. The lowest BCUT2D eigenvalue weighted by Gasteiger charge is -2.19. The van der Waals surface area contributed by atoms with Crippen molar-refractivity contribution in [3.05, 3.63) is 0 Å². The van der Waals surface area contributed by atoms with Crippen LogP contribution >= 0.6 is 11.8 Å². The van der Waals surface area contributed by atoms with Gasteiger partial charge in [0.15, 0.2) is 0 Å². The molecule has 0 rings (SSSR count). The molecule has 114 valence electrons. The van der Waals surface area contributed by atoms with Gasteiger partial charge in [0, 0.05) is 6.04 Å². The summed E-state index contributed by atoms with van der Waals surface area (Å²) in [6.45, 7) is 4.16. The van der Waals surface area contributed by atoms with Gasteiger partial charge in [-0.15, -0.1) is 0 Å². The average molecular weight is 312 g/mol. The largest absolute Gasteiger partial charge is 0.353 e. The minimum Gasteiger partial charge on any atom is -0.353 e. The first kappa shape index (κ1) is 18.7. The number of carbonyl (C=O) groups excluding carboxylic acids is 1. The highest BCUT2D eigenvalue weighted by Crippen LogP contribution is 2.02. The Kier molecular flexibility index (Phi) is 9.42. The molecule has 0 aromatic rings. The van der Waals surface area contributed by atoms with Crippen LogP contribution in [0.1, 0.15) is 26.7 Å². The van der Waals surface area contributed by atoms with E-state index in [9.17, 15) is 13.2 Å². The lowest BCUT2D eigenvalue weighted by Crippen LogP contribution is -2.47. The first-order valence-corrected chi connectivity index (χ1v) is 9.24. The molecule has 0 aromatic heterocycles. The lowest BCUT2D eigenvalue weighted by atomic mass is 10.2. The average Bonchev–Trinajstić information content (AvgIpc) is 2.25. The molecule has 0 saturated carbocycles. The van der Waals surface area contributed by atoms with Gasteiger partial charge in [-0.05, 0) is 45.2 Å². The molecule has 19 heavy (non-hydrogen) atoms. The molecule has 3 N–H and O–H groups in total. The van der Waals surface area contributed by atoms with E-state index < -0.39 is 10.1 Å². The third-order valence-corrected chi connectivity index (χ3v) is 3.78. The fourth-order valence-electron chi connectivity index (χ4n) is 1.48. The van der Waals surface area contributed by atoms with Crippen LogP contribution in [0.2, 0.25) is 0 Å². The zero-order valence-corrected chi connectivity index (χ0v) is 13.3. The standard InChI is InChI=1S/C11H24N2O4S2/c1-9(2)13-11(14)10(5-7-18-3)12-6-4-8-19(15,16)17/h9-10,12H,4-8H2,1-3H3,(H,13,14)(H,15,16,17)/t10-/m1/s1. The SMILES string of the molecule is CSCC[C@@H](NCCCS(=O)(=O)O)C(=O)NC(C)C. The quantitative estimate of drug-likeness (QED) is 0.402. The van der Waals surface area contributed by atoms with Crippen LogP contribution in [-0.4, -0.2) is 55.3 Å². The summed E-state index contributed by atoms with van der Waals surface area (Å²) >= 11 is 1.65. The number of carbonyl (C=O) groups is 1. The number of amides is 1. The van der Waals surface area contributed by atoms with Gasteiger partial charge in [-0.1, -0.05) is 0 Å². The maximum absolute atomic E-state index is 11.9. The van der Waals surface area contributed by atoms with Gasteiger partial charge in [0.05, 0.1) is 11.8 Å². The molecule has 0 aliphatic carbocycles. The first-order chi connectivity index (χ1) is 8.76. The van der Waals surface area contributed by atoms with Crippen molar-refractivity contribution in [3.8, 4) is 0 Å². The second kappa shape index (κ2) is 9.57. The Morgan fingerprint density at radius 2 is 2.00 bits per heavy atom. The van der Waals surface area contributed by atoms with Gasteiger partial charge in [0.1, 0.15) is 0 Å². The van der Waals surface area contributed by atoms with E-state index in [1.54, 1.807) is 11.8 Å². The van der Waals surface area contributed by atoms with Crippen molar-refractivity contribution in [1.29, 1.82) is 0 Å². The molecule has 0 aliphatic rings. The molecule has 0 aromatic carbocycles. The molecule has 1 amide bonds. The van der Waals surface area contributed by atoms with Gasteiger partial charge < -0.3 is 10.6 Å². The van der Waals surface area contributed by atoms with Crippen molar-refractivity contribution in [3.63, 3.8) is 0 Å². The molecule has 8 heteroatoms. The van der Waals surface area contributed by atoms with E-state index in [2.05, 4.69) is 10.6 Å². The van der Waals surface area contributed by atoms with E-state index in [4.69, 9.17) is 4.55 Å². The maximum Gasteiger partial charge on any atom is 0.264 e. The van der Waals surface area contributed by atoms with Crippen molar-refractivity contribution >= 4 is 27.8 Å². The minimum absolute atomic E-state index is 0.0731. The van der Waals surface area contributed by atoms with Crippen molar-refractivity contribution in [2.24, 2.45) is 0 Å². The predicted molar refractivity (Wildman–Crippen MR) is 79.1 cm³/mol. The van der Waals surface area contributed by atoms with Crippen LogP contribution < -0.4 is 10.6 Å². The van der Waals surface area contributed by atoms with Crippen LogP contribution in [0.25, 0.3) is 0 Å². The number of rotatable bonds is 10. The highest BCUT2D eigenvalue weighted by Gasteiger charge is 2.18. The number of nitrogens with one attached hydrogen (secondary N) is 2. The Morgan fingerprint density at radius 3 is 2.47 bits per heavy atom. The summed E-state index contributed by atoms with van der Waals surface area (Å²) in [7, 11) is -3.92. The molecule has 0 fully saturated rings. The van der Waals surface area contributed by atoms with Crippen LogP contribution in [0, 0.1) is 0 Å². The Balaban J connectivity index is 4.16. The number of hydrogen-bond acceptors (Lipinski definition) is 5. The first-order valence-electron chi connectivity index (χ1n) is 6.24. The Labute approximate surface area is 119 Å². The highest BCUT2D eigenvalue weighted by atomic mass is 32.2. The molecule has 0 unspecified atom stereocenters. The minimum atomic E-state index is -3.92. The third-order valence-electron chi connectivity index (χ3n) is 2.33. The summed E-state index contributed by atoms with van der Waals surface area (Å²) in [6, 6.07) is -0.250. The molecular formula is C11H24N2O4S2. The zero-order chi connectivity index (χ0) is 14.9. The van der Waals surface area contributed by atoms with Crippen LogP contribution in [0.15, 0.2) is 0 Å². The molecule has 0 saturated heterocycles. The normalized spacial score (nSPS) is 13.5. The van der Waals surface area contributed by atoms with E-state index >= 15 is 0 Å². The Morgan fingerprint density at radius 1 is 1.37 bits per heavy atom. The van der Waals surface area contributed by atoms with Crippen molar-refractivity contribution in [2.75, 3.05) is 24.3 Å². The van der Waals surface area contributed by atoms with E-state index in [1.165, 1.54) is 0 Å². The topological polar surface area (TPSA) is 95.5 Å².